The molecule has 0 bridgehead atoms. The van der Waals surface area contributed by atoms with E-state index in [0.717, 1.165) is 4.47 Å². The Balaban J connectivity index is 2.73. The molecule has 0 atom stereocenters. The molecule has 0 heterocycles. The summed E-state index contributed by atoms with van der Waals surface area (Å²) >= 11 is 3.33. The summed E-state index contributed by atoms with van der Waals surface area (Å²) in [5.74, 6) is 0.601. The highest BCUT2D eigenvalue weighted by Crippen LogP contribution is 2.25. The van der Waals surface area contributed by atoms with Crippen LogP contribution in [0.15, 0.2) is 22.7 Å². The molecular weight excluding hydrogens is 314 g/mol. The first-order valence-electron chi connectivity index (χ1n) is 5.93. The molecule has 19 heavy (non-hydrogen) atoms. The molecule has 0 saturated carbocycles. The van der Waals surface area contributed by atoms with Crippen LogP contribution in [0.4, 0.5) is 0 Å². The van der Waals surface area contributed by atoms with Crippen molar-refractivity contribution in [3.8, 4) is 5.75 Å². The maximum Gasteiger partial charge on any atom is 0.176 e. The molecule has 0 fully saturated rings. The van der Waals surface area contributed by atoms with Gasteiger partial charge in [0.25, 0.3) is 0 Å². The number of methoxy groups -OCH3 is 1. The third-order valence-corrected chi connectivity index (χ3v) is 3.29. The molecule has 106 valence electrons. The van der Waals surface area contributed by atoms with Crippen molar-refractivity contribution in [1.82, 2.24) is 4.90 Å². The number of aliphatic hydroxyl groups excluding tert-OH is 2. The Bertz CT molecular complexity index is 419. The fourth-order valence-electron chi connectivity index (χ4n) is 1.69. The van der Waals surface area contributed by atoms with Gasteiger partial charge >= 0.3 is 0 Å². The summed E-state index contributed by atoms with van der Waals surface area (Å²) in [5, 5.41) is 17.8. The number of ether oxygens (including phenoxy) is 1. The summed E-state index contributed by atoms with van der Waals surface area (Å²) in [6, 6.07) is 5.12. The van der Waals surface area contributed by atoms with Gasteiger partial charge in [0.05, 0.1) is 31.3 Å². The van der Waals surface area contributed by atoms with E-state index in [2.05, 4.69) is 15.9 Å². The Hall–Kier alpha value is -0.950. The summed E-state index contributed by atoms with van der Waals surface area (Å²) in [5.41, 5.74) is 0.563. The maximum atomic E-state index is 12.1. The topological polar surface area (TPSA) is 70.0 Å². The summed E-state index contributed by atoms with van der Waals surface area (Å²) in [6.45, 7) is 0.812. The van der Waals surface area contributed by atoms with Crippen molar-refractivity contribution in [2.24, 2.45) is 0 Å². The largest absolute Gasteiger partial charge is 0.496 e. The fourth-order valence-corrected chi connectivity index (χ4v) is 2.23. The molecule has 0 saturated heterocycles. The van der Waals surface area contributed by atoms with E-state index in [-0.39, 0.29) is 25.5 Å². The molecule has 1 aromatic carbocycles. The smallest absolute Gasteiger partial charge is 0.176 e. The van der Waals surface area contributed by atoms with Gasteiger partial charge in [0.2, 0.25) is 0 Å². The first kappa shape index (κ1) is 16.1. The average Bonchev–Trinajstić information content (AvgIpc) is 2.39. The monoisotopic (exact) mass is 331 g/mol. The molecule has 0 spiro atoms. The molecule has 0 aliphatic carbocycles. The van der Waals surface area contributed by atoms with Gasteiger partial charge < -0.3 is 14.9 Å². The van der Waals surface area contributed by atoms with Crippen LogP contribution in [0.2, 0.25) is 0 Å². The minimum Gasteiger partial charge on any atom is -0.496 e. The number of hydrogen-bond donors (Lipinski definition) is 2. The highest BCUT2D eigenvalue weighted by Gasteiger charge is 2.13. The Kier molecular flexibility index (Phi) is 7.01. The van der Waals surface area contributed by atoms with Gasteiger partial charge in [-0.3, -0.25) is 9.69 Å². The molecule has 0 unspecified atom stereocenters. The van der Waals surface area contributed by atoms with Gasteiger partial charge in [-0.25, -0.2) is 0 Å². The average molecular weight is 332 g/mol. The number of Topliss-reactive ketones (excluding diaryl/α,β-unsaturated/α-hetero) is 1. The summed E-state index contributed by atoms with van der Waals surface area (Å²) in [7, 11) is 1.56. The zero-order valence-electron chi connectivity index (χ0n) is 10.8. The minimum absolute atomic E-state index is 0.0421. The van der Waals surface area contributed by atoms with Gasteiger partial charge in [-0.05, 0) is 34.1 Å². The predicted molar refractivity (Wildman–Crippen MR) is 75.6 cm³/mol. The standard InChI is InChI=1S/C13H18BrNO4/c1-19-13-3-2-10(8-11(13)14)12(18)9-15(4-6-16)5-7-17/h2-3,8,16-17H,4-7,9H2,1H3. The van der Waals surface area contributed by atoms with Crippen molar-refractivity contribution in [2.45, 2.75) is 0 Å². The SMILES string of the molecule is COc1ccc(C(=O)CN(CCO)CCO)cc1Br. The first-order valence-corrected chi connectivity index (χ1v) is 6.72. The zero-order chi connectivity index (χ0) is 14.3. The van der Waals surface area contributed by atoms with Crippen LogP contribution in [0.1, 0.15) is 10.4 Å². The van der Waals surface area contributed by atoms with E-state index in [1.807, 2.05) is 0 Å². The summed E-state index contributed by atoms with van der Waals surface area (Å²) in [4.78, 5) is 13.8. The third-order valence-electron chi connectivity index (χ3n) is 2.67. The second-order valence-corrected chi connectivity index (χ2v) is 4.85. The molecule has 1 rings (SSSR count). The van der Waals surface area contributed by atoms with Crippen molar-refractivity contribution in [2.75, 3.05) is 40.0 Å². The number of carbonyl (C=O) groups excluding carboxylic acids is 1. The predicted octanol–water partition coefficient (Wildman–Crippen LogP) is 0.927. The van der Waals surface area contributed by atoms with Crippen molar-refractivity contribution in [3.05, 3.63) is 28.2 Å². The van der Waals surface area contributed by atoms with E-state index >= 15 is 0 Å². The lowest BCUT2D eigenvalue weighted by atomic mass is 10.1. The number of carbonyl (C=O) groups is 1. The van der Waals surface area contributed by atoms with Crippen molar-refractivity contribution < 1.29 is 19.7 Å². The van der Waals surface area contributed by atoms with Crippen molar-refractivity contribution in [1.29, 1.82) is 0 Å². The number of benzene rings is 1. The van der Waals surface area contributed by atoms with Gasteiger partial charge in [0, 0.05) is 18.7 Å². The molecule has 2 N–H and O–H groups in total. The van der Waals surface area contributed by atoms with E-state index < -0.39 is 0 Å². The van der Waals surface area contributed by atoms with Crippen LogP contribution in [-0.4, -0.2) is 60.9 Å². The molecule has 1 aromatic rings. The van der Waals surface area contributed by atoms with Crippen LogP contribution in [0.25, 0.3) is 0 Å². The normalized spacial score (nSPS) is 10.8. The zero-order valence-corrected chi connectivity index (χ0v) is 12.4. The second-order valence-electron chi connectivity index (χ2n) is 4.00. The van der Waals surface area contributed by atoms with Crippen molar-refractivity contribution >= 4 is 21.7 Å². The van der Waals surface area contributed by atoms with Crippen LogP contribution >= 0.6 is 15.9 Å². The lowest BCUT2D eigenvalue weighted by molar-refractivity contribution is 0.0894. The van der Waals surface area contributed by atoms with E-state index in [4.69, 9.17) is 14.9 Å². The Morgan fingerprint density at radius 2 is 1.95 bits per heavy atom. The van der Waals surface area contributed by atoms with E-state index in [1.54, 1.807) is 30.2 Å². The fraction of sp³-hybridized carbons (Fsp3) is 0.462. The minimum atomic E-state index is -0.0646. The number of nitrogens with zero attached hydrogens (tertiary/aromatic N) is 1. The number of rotatable bonds is 8. The van der Waals surface area contributed by atoms with Crippen LogP contribution in [0, 0.1) is 0 Å². The van der Waals surface area contributed by atoms with Crippen LogP contribution < -0.4 is 4.74 Å². The van der Waals surface area contributed by atoms with Crippen LogP contribution in [0.5, 0.6) is 5.75 Å². The summed E-state index contributed by atoms with van der Waals surface area (Å²) < 4.78 is 5.82. The molecule has 6 heteroatoms. The Morgan fingerprint density at radius 3 is 2.42 bits per heavy atom. The molecule has 0 aromatic heterocycles. The van der Waals surface area contributed by atoms with Crippen LogP contribution in [-0.2, 0) is 0 Å². The third kappa shape index (κ3) is 4.91. The highest BCUT2D eigenvalue weighted by molar-refractivity contribution is 9.10. The first-order chi connectivity index (χ1) is 9.12. The lowest BCUT2D eigenvalue weighted by Gasteiger charge is -2.19. The number of aliphatic hydroxyl groups is 2. The summed E-state index contributed by atoms with van der Waals surface area (Å²) in [6.07, 6.45) is 0. The van der Waals surface area contributed by atoms with Gasteiger partial charge in [0.15, 0.2) is 5.78 Å². The second kappa shape index (κ2) is 8.27. The van der Waals surface area contributed by atoms with Crippen molar-refractivity contribution in [3.63, 3.8) is 0 Å². The molecule has 5 nitrogen and oxygen atoms in total. The van der Waals surface area contributed by atoms with Gasteiger partial charge in [0.1, 0.15) is 5.75 Å². The Labute approximate surface area is 120 Å². The maximum absolute atomic E-state index is 12.1. The van der Waals surface area contributed by atoms with Gasteiger partial charge in [-0.1, -0.05) is 0 Å². The van der Waals surface area contributed by atoms with E-state index in [1.165, 1.54) is 0 Å². The van der Waals surface area contributed by atoms with Gasteiger partial charge in [-0.2, -0.15) is 0 Å². The quantitative estimate of drug-likeness (QED) is 0.693. The highest BCUT2D eigenvalue weighted by atomic mass is 79.9. The van der Waals surface area contributed by atoms with Crippen LogP contribution in [0.3, 0.4) is 0 Å². The number of halogens is 1. The van der Waals surface area contributed by atoms with Gasteiger partial charge in [-0.15, -0.1) is 0 Å². The van der Waals surface area contributed by atoms with E-state index in [9.17, 15) is 4.79 Å². The molecule has 0 aliphatic heterocycles. The lowest BCUT2D eigenvalue weighted by Crippen LogP contribution is -2.34. The molecule has 0 amide bonds. The Morgan fingerprint density at radius 1 is 1.32 bits per heavy atom. The number of ketones is 1. The van der Waals surface area contributed by atoms with E-state index in [0.29, 0.717) is 24.4 Å². The molecule has 0 aliphatic rings. The number of hydrogen-bond acceptors (Lipinski definition) is 5. The molecule has 0 radical (unpaired) electrons. The molecular formula is C13H18BrNO4.